The topological polar surface area (TPSA) is 35.8 Å². The molecule has 3 heteroatoms. The Morgan fingerprint density at radius 3 is 2.50 bits per heavy atom. The molecule has 1 unspecified atom stereocenters. The van der Waals surface area contributed by atoms with Crippen LogP contribution >= 0.6 is 0 Å². The Bertz CT molecular complexity index is 341. The van der Waals surface area contributed by atoms with Gasteiger partial charge in [-0.15, -0.1) is 0 Å². The third kappa shape index (κ3) is 2.46. The summed E-state index contributed by atoms with van der Waals surface area (Å²) in [5.41, 5.74) is 0.382. The normalized spacial score (nSPS) is 12.2. The summed E-state index contributed by atoms with van der Waals surface area (Å²) < 4.78 is 13.2. The van der Waals surface area contributed by atoms with Crippen LogP contribution in [0.3, 0.4) is 0 Å². The summed E-state index contributed by atoms with van der Waals surface area (Å²) >= 11 is 0. The zero-order valence-corrected chi connectivity index (χ0v) is 8.29. The van der Waals surface area contributed by atoms with Crippen LogP contribution in [0.15, 0.2) is 24.3 Å². The SMILES string of the molecule is CC(C)C(C#N)Nc1ccccc1F. The number of hydrogen-bond acceptors (Lipinski definition) is 2. The average Bonchev–Trinajstić information content (AvgIpc) is 2.16. The highest BCUT2D eigenvalue weighted by Gasteiger charge is 2.13. The number of rotatable bonds is 3. The fourth-order valence-corrected chi connectivity index (χ4v) is 1.09. The first-order chi connectivity index (χ1) is 6.65. The van der Waals surface area contributed by atoms with Gasteiger partial charge in [0.1, 0.15) is 11.9 Å². The summed E-state index contributed by atoms with van der Waals surface area (Å²) in [6, 6.07) is 8.10. The van der Waals surface area contributed by atoms with E-state index in [1.54, 1.807) is 18.2 Å². The smallest absolute Gasteiger partial charge is 0.146 e. The predicted octanol–water partition coefficient (Wildman–Crippen LogP) is 2.79. The van der Waals surface area contributed by atoms with Crippen molar-refractivity contribution in [1.29, 1.82) is 5.26 Å². The molecule has 1 rings (SSSR count). The molecule has 0 fully saturated rings. The molecular weight excluding hydrogens is 179 g/mol. The van der Waals surface area contributed by atoms with Crippen molar-refractivity contribution >= 4 is 5.69 Å². The van der Waals surface area contributed by atoms with Crippen LogP contribution < -0.4 is 5.32 Å². The lowest BCUT2D eigenvalue weighted by Crippen LogP contribution is -2.23. The van der Waals surface area contributed by atoms with Gasteiger partial charge in [-0.05, 0) is 18.1 Å². The van der Waals surface area contributed by atoms with E-state index >= 15 is 0 Å². The average molecular weight is 192 g/mol. The number of hydrogen-bond donors (Lipinski definition) is 1. The number of anilines is 1. The van der Waals surface area contributed by atoms with Crippen molar-refractivity contribution in [2.24, 2.45) is 5.92 Å². The minimum absolute atomic E-state index is 0.152. The van der Waals surface area contributed by atoms with Crippen LogP contribution in [-0.2, 0) is 0 Å². The van der Waals surface area contributed by atoms with Gasteiger partial charge < -0.3 is 5.32 Å². The van der Waals surface area contributed by atoms with E-state index in [4.69, 9.17) is 5.26 Å². The minimum atomic E-state index is -0.355. The fraction of sp³-hybridized carbons (Fsp3) is 0.364. The Morgan fingerprint density at radius 2 is 2.00 bits per heavy atom. The van der Waals surface area contributed by atoms with Crippen LogP contribution in [0.2, 0.25) is 0 Å². The van der Waals surface area contributed by atoms with E-state index < -0.39 is 0 Å². The van der Waals surface area contributed by atoms with Gasteiger partial charge in [0.25, 0.3) is 0 Å². The van der Waals surface area contributed by atoms with E-state index in [1.807, 2.05) is 13.8 Å². The highest BCUT2D eigenvalue weighted by Crippen LogP contribution is 2.15. The zero-order chi connectivity index (χ0) is 10.6. The molecule has 1 N–H and O–H groups in total. The van der Waals surface area contributed by atoms with E-state index in [2.05, 4.69) is 11.4 Å². The van der Waals surface area contributed by atoms with Crippen LogP contribution in [0.4, 0.5) is 10.1 Å². The van der Waals surface area contributed by atoms with Crippen molar-refractivity contribution in [3.05, 3.63) is 30.1 Å². The molecule has 74 valence electrons. The Labute approximate surface area is 83.4 Å². The van der Waals surface area contributed by atoms with Crippen molar-refractivity contribution in [1.82, 2.24) is 0 Å². The lowest BCUT2D eigenvalue weighted by molar-refractivity contribution is 0.593. The number of nitrogens with one attached hydrogen (secondary N) is 1. The molecular formula is C11H13FN2. The van der Waals surface area contributed by atoms with Crippen LogP contribution in [-0.4, -0.2) is 6.04 Å². The molecule has 2 nitrogen and oxygen atoms in total. The molecule has 0 aliphatic carbocycles. The maximum Gasteiger partial charge on any atom is 0.146 e. The van der Waals surface area contributed by atoms with Crippen molar-refractivity contribution < 1.29 is 4.39 Å². The summed E-state index contributed by atoms with van der Waals surface area (Å²) in [5, 5.41) is 11.7. The second-order valence-corrected chi connectivity index (χ2v) is 3.47. The Balaban J connectivity index is 2.78. The van der Waals surface area contributed by atoms with E-state index in [1.165, 1.54) is 6.07 Å². The minimum Gasteiger partial charge on any atom is -0.367 e. The number of nitriles is 1. The molecule has 0 saturated carbocycles. The summed E-state index contributed by atoms with van der Waals surface area (Å²) in [4.78, 5) is 0. The second kappa shape index (κ2) is 4.61. The Hall–Kier alpha value is -1.56. The first-order valence-corrected chi connectivity index (χ1v) is 4.56. The third-order valence-corrected chi connectivity index (χ3v) is 1.99. The number of nitrogens with zero attached hydrogens (tertiary/aromatic N) is 1. The first kappa shape index (κ1) is 10.5. The second-order valence-electron chi connectivity index (χ2n) is 3.47. The molecule has 0 radical (unpaired) electrons. The van der Waals surface area contributed by atoms with Gasteiger partial charge in [0.15, 0.2) is 0 Å². The van der Waals surface area contributed by atoms with Gasteiger partial charge in [0, 0.05) is 0 Å². The molecule has 0 saturated heterocycles. The Kier molecular flexibility index (Phi) is 3.47. The molecule has 0 spiro atoms. The maximum atomic E-state index is 13.2. The lowest BCUT2D eigenvalue weighted by Gasteiger charge is -2.16. The van der Waals surface area contributed by atoms with Crippen molar-refractivity contribution in [2.75, 3.05) is 5.32 Å². The molecule has 0 aliphatic heterocycles. The van der Waals surface area contributed by atoms with Crippen LogP contribution in [0, 0.1) is 23.1 Å². The van der Waals surface area contributed by atoms with Gasteiger partial charge in [-0.3, -0.25) is 0 Å². The lowest BCUT2D eigenvalue weighted by atomic mass is 10.1. The number of halogens is 1. The highest BCUT2D eigenvalue weighted by atomic mass is 19.1. The van der Waals surface area contributed by atoms with Gasteiger partial charge in [-0.2, -0.15) is 5.26 Å². The van der Waals surface area contributed by atoms with Gasteiger partial charge in [-0.25, -0.2) is 4.39 Å². The van der Waals surface area contributed by atoms with E-state index in [0.29, 0.717) is 5.69 Å². The quantitative estimate of drug-likeness (QED) is 0.799. The molecule has 0 aliphatic rings. The molecule has 14 heavy (non-hydrogen) atoms. The van der Waals surface area contributed by atoms with Gasteiger partial charge in [-0.1, -0.05) is 26.0 Å². The molecule has 0 heterocycles. The van der Waals surface area contributed by atoms with E-state index in [0.717, 1.165) is 0 Å². The predicted molar refractivity (Wildman–Crippen MR) is 54.3 cm³/mol. The third-order valence-electron chi connectivity index (χ3n) is 1.99. The maximum absolute atomic E-state index is 13.2. The first-order valence-electron chi connectivity index (χ1n) is 4.56. The summed E-state index contributed by atoms with van der Waals surface area (Å²) in [6.45, 7) is 3.84. The number of benzene rings is 1. The largest absolute Gasteiger partial charge is 0.367 e. The van der Waals surface area contributed by atoms with Gasteiger partial charge >= 0.3 is 0 Å². The van der Waals surface area contributed by atoms with Crippen molar-refractivity contribution in [3.63, 3.8) is 0 Å². The van der Waals surface area contributed by atoms with E-state index in [-0.39, 0.29) is 17.8 Å². The zero-order valence-electron chi connectivity index (χ0n) is 8.29. The molecule has 1 aromatic carbocycles. The molecule has 1 atom stereocenters. The summed E-state index contributed by atoms with van der Waals surface area (Å²) in [5.74, 6) is -0.173. The summed E-state index contributed by atoms with van der Waals surface area (Å²) in [6.07, 6.45) is 0. The van der Waals surface area contributed by atoms with E-state index in [9.17, 15) is 4.39 Å². The van der Waals surface area contributed by atoms with Crippen LogP contribution in [0.1, 0.15) is 13.8 Å². The Morgan fingerprint density at radius 1 is 1.36 bits per heavy atom. The molecule has 1 aromatic rings. The van der Waals surface area contributed by atoms with Gasteiger partial charge in [0.05, 0.1) is 11.8 Å². The van der Waals surface area contributed by atoms with Crippen LogP contribution in [0.25, 0.3) is 0 Å². The highest BCUT2D eigenvalue weighted by molar-refractivity contribution is 5.46. The van der Waals surface area contributed by atoms with Gasteiger partial charge in [0.2, 0.25) is 0 Å². The van der Waals surface area contributed by atoms with Crippen molar-refractivity contribution in [2.45, 2.75) is 19.9 Å². The number of para-hydroxylation sites is 1. The standard InChI is InChI=1S/C11H13FN2/c1-8(2)11(7-13)14-10-6-4-3-5-9(10)12/h3-6,8,11,14H,1-2H3. The molecule has 0 bridgehead atoms. The molecule has 0 aromatic heterocycles. The van der Waals surface area contributed by atoms with Crippen molar-refractivity contribution in [3.8, 4) is 6.07 Å². The van der Waals surface area contributed by atoms with Crippen LogP contribution in [0.5, 0.6) is 0 Å². The monoisotopic (exact) mass is 192 g/mol. The fourth-order valence-electron chi connectivity index (χ4n) is 1.09. The molecule has 0 amide bonds. The summed E-state index contributed by atoms with van der Waals surface area (Å²) in [7, 11) is 0.